The maximum atomic E-state index is 12.9. The fourth-order valence-electron chi connectivity index (χ4n) is 3.81. The lowest BCUT2D eigenvalue weighted by molar-refractivity contribution is -0.132. The van der Waals surface area contributed by atoms with E-state index in [4.69, 9.17) is 4.74 Å². The summed E-state index contributed by atoms with van der Waals surface area (Å²) in [5.41, 5.74) is 3.95. The molecule has 1 aliphatic heterocycles. The van der Waals surface area contributed by atoms with Gasteiger partial charge in [0, 0.05) is 20.1 Å². The first kappa shape index (κ1) is 23.6. The summed E-state index contributed by atoms with van der Waals surface area (Å²) in [4.78, 5) is 14.6. The van der Waals surface area contributed by atoms with Crippen molar-refractivity contribution in [3.63, 3.8) is 0 Å². The maximum Gasteiger partial charge on any atom is 0.264 e. The highest BCUT2D eigenvalue weighted by Gasteiger charge is 2.21. The molecule has 0 spiro atoms. The van der Waals surface area contributed by atoms with Crippen molar-refractivity contribution in [1.82, 2.24) is 4.90 Å². The third-order valence-corrected chi connectivity index (χ3v) is 7.75. The highest BCUT2D eigenvalue weighted by atomic mass is 32.2. The van der Waals surface area contributed by atoms with Crippen LogP contribution >= 0.6 is 0 Å². The topological polar surface area (TPSA) is 66.9 Å². The predicted octanol–water partition coefficient (Wildman–Crippen LogP) is 4.51. The van der Waals surface area contributed by atoms with Crippen LogP contribution in [-0.4, -0.2) is 46.0 Å². The van der Waals surface area contributed by atoms with Crippen LogP contribution in [0.5, 0.6) is 5.75 Å². The van der Waals surface area contributed by atoms with Gasteiger partial charge >= 0.3 is 0 Å². The number of hydrogen-bond donors (Lipinski definition) is 0. The maximum absolute atomic E-state index is 12.9. The number of amides is 1. The van der Waals surface area contributed by atoms with Crippen molar-refractivity contribution in [3.05, 3.63) is 96.1 Å². The number of carbonyl (C=O) groups is 1. The highest BCUT2D eigenvalue weighted by Crippen LogP contribution is 2.25. The van der Waals surface area contributed by atoms with Crippen LogP contribution in [0.3, 0.4) is 0 Å². The molecular weight excluding hydrogens is 448 g/mol. The lowest BCUT2D eigenvalue weighted by atomic mass is 10.00. The summed E-state index contributed by atoms with van der Waals surface area (Å²) in [6, 6.07) is 23.6. The number of aryl methyl sites for hydroxylation is 1. The van der Waals surface area contributed by atoms with Crippen molar-refractivity contribution in [2.75, 3.05) is 31.0 Å². The molecular formula is C27H28N2O4S. The van der Waals surface area contributed by atoms with Gasteiger partial charge in [0.15, 0.2) is 6.61 Å². The summed E-state index contributed by atoms with van der Waals surface area (Å²) in [6.07, 6.45) is 2.90. The van der Waals surface area contributed by atoms with Gasteiger partial charge < -0.3 is 9.64 Å². The second-order valence-corrected chi connectivity index (χ2v) is 10.2. The Hall–Kier alpha value is -3.58. The minimum Gasteiger partial charge on any atom is -0.484 e. The van der Waals surface area contributed by atoms with E-state index < -0.39 is 10.0 Å². The van der Waals surface area contributed by atoms with Gasteiger partial charge in [-0.2, -0.15) is 0 Å². The molecule has 0 atom stereocenters. The molecule has 6 nitrogen and oxygen atoms in total. The molecule has 0 N–H and O–H groups in total. The highest BCUT2D eigenvalue weighted by molar-refractivity contribution is 7.92. The molecule has 1 heterocycles. The Kier molecular flexibility index (Phi) is 7.03. The van der Waals surface area contributed by atoms with Gasteiger partial charge in [-0.05, 0) is 60.9 Å². The van der Waals surface area contributed by atoms with Gasteiger partial charge in [-0.3, -0.25) is 9.10 Å². The van der Waals surface area contributed by atoms with E-state index in [0.29, 0.717) is 24.5 Å². The van der Waals surface area contributed by atoms with Crippen molar-refractivity contribution in [1.29, 1.82) is 0 Å². The number of sulfonamides is 1. The van der Waals surface area contributed by atoms with Gasteiger partial charge in [-0.1, -0.05) is 54.1 Å². The van der Waals surface area contributed by atoms with E-state index in [1.54, 1.807) is 53.4 Å². The molecule has 0 radical (unpaired) electrons. The smallest absolute Gasteiger partial charge is 0.264 e. The van der Waals surface area contributed by atoms with Gasteiger partial charge in [0.1, 0.15) is 5.75 Å². The molecule has 4 rings (SSSR count). The first-order valence-electron chi connectivity index (χ1n) is 11.2. The average Bonchev–Trinajstić information content (AvgIpc) is 2.88. The summed E-state index contributed by atoms with van der Waals surface area (Å²) < 4.78 is 32.6. The first-order chi connectivity index (χ1) is 16.3. The van der Waals surface area contributed by atoms with Crippen LogP contribution in [0.4, 0.5) is 5.69 Å². The van der Waals surface area contributed by atoms with Gasteiger partial charge in [0.05, 0.1) is 10.6 Å². The van der Waals surface area contributed by atoms with E-state index in [0.717, 1.165) is 12.0 Å². The molecule has 176 valence electrons. The Bertz CT molecular complexity index is 1270. The van der Waals surface area contributed by atoms with Crippen molar-refractivity contribution in [2.24, 2.45) is 0 Å². The zero-order valence-electron chi connectivity index (χ0n) is 19.3. The molecule has 1 aliphatic rings. The quantitative estimate of drug-likeness (QED) is 0.503. The van der Waals surface area contributed by atoms with Gasteiger partial charge in [0.25, 0.3) is 15.9 Å². The van der Waals surface area contributed by atoms with E-state index in [9.17, 15) is 13.2 Å². The first-order valence-corrected chi connectivity index (χ1v) is 12.6. The summed E-state index contributed by atoms with van der Waals surface area (Å²) in [7, 11) is -2.14. The van der Waals surface area contributed by atoms with Crippen molar-refractivity contribution >= 4 is 27.2 Å². The SMILES string of the molecule is Cc1ccc(S(=O)(=O)N(C)c2ccc(OCC(=O)N3CC=C(c4ccccc4)CC3)cc2)cc1. The largest absolute Gasteiger partial charge is 0.484 e. The summed E-state index contributed by atoms with van der Waals surface area (Å²) in [5.74, 6) is 0.433. The second-order valence-electron chi connectivity index (χ2n) is 8.25. The molecule has 0 saturated carbocycles. The van der Waals surface area contributed by atoms with Crippen LogP contribution in [0.25, 0.3) is 5.57 Å². The molecule has 0 fully saturated rings. The minimum absolute atomic E-state index is 0.0641. The Morgan fingerprint density at radius 3 is 2.26 bits per heavy atom. The fourth-order valence-corrected chi connectivity index (χ4v) is 5.00. The summed E-state index contributed by atoms with van der Waals surface area (Å²) >= 11 is 0. The van der Waals surface area contributed by atoms with Crippen LogP contribution in [0.1, 0.15) is 17.5 Å². The lowest BCUT2D eigenvalue weighted by Crippen LogP contribution is -2.37. The zero-order valence-corrected chi connectivity index (χ0v) is 20.2. The molecule has 3 aromatic rings. The lowest BCUT2D eigenvalue weighted by Gasteiger charge is -2.26. The Morgan fingerprint density at radius 1 is 0.971 bits per heavy atom. The van der Waals surface area contributed by atoms with Crippen LogP contribution in [-0.2, 0) is 14.8 Å². The number of benzene rings is 3. The third kappa shape index (κ3) is 5.31. The fraction of sp³-hybridized carbons (Fsp3) is 0.222. The van der Waals surface area contributed by atoms with Crippen LogP contribution in [0.15, 0.2) is 89.8 Å². The number of carbonyl (C=O) groups excluding carboxylic acids is 1. The monoisotopic (exact) mass is 476 g/mol. The van der Waals surface area contributed by atoms with Crippen molar-refractivity contribution in [3.8, 4) is 5.75 Å². The van der Waals surface area contributed by atoms with E-state index in [2.05, 4.69) is 18.2 Å². The second kappa shape index (κ2) is 10.1. The zero-order chi connectivity index (χ0) is 24.1. The Balaban J connectivity index is 1.33. The Morgan fingerprint density at radius 2 is 1.65 bits per heavy atom. The minimum atomic E-state index is -3.66. The molecule has 3 aromatic carbocycles. The molecule has 0 aliphatic carbocycles. The van der Waals surface area contributed by atoms with Crippen molar-refractivity contribution < 1.29 is 17.9 Å². The van der Waals surface area contributed by atoms with E-state index in [1.807, 2.05) is 25.1 Å². The number of nitrogens with zero attached hydrogens (tertiary/aromatic N) is 2. The Labute approximate surface area is 201 Å². The van der Waals surface area contributed by atoms with E-state index in [-0.39, 0.29) is 17.4 Å². The van der Waals surface area contributed by atoms with E-state index in [1.165, 1.54) is 22.5 Å². The number of anilines is 1. The van der Waals surface area contributed by atoms with Crippen LogP contribution < -0.4 is 9.04 Å². The predicted molar refractivity (Wildman–Crippen MR) is 134 cm³/mol. The number of hydrogen-bond acceptors (Lipinski definition) is 4. The molecule has 34 heavy (non-hydrogen) atoms. The summed E-state index contributed by atoms with van der Waals surface area (Å²) in [5, 5.41) is 0. The molecule has 0 bridgehead atoms. The molecule has 0 saturated heterocycles. The standard InChI is InChI=1S/C27H28N2O4S/c1-21-8-14-26(15-9-21)34(31,32)28(2)24-10-12-25(13-11-24)33-20-27(30)29-18-16-23(17-19-29)22-6-4-3-5-7-22/h3-16H,17-20H2,1-2H3. The van der Waals surface area contributed by atoms with Crippen LogP contribution in [0, 0.1) is 6.92 Å². The molecule has 0 aromatic heterocycles. The number of rotatable bonds is 7. The van der Waals surface area contributed by atoms with Gasteiger partial charge in [-0.15, -0.1) is 0 Å². The normalized spacial score (nSPS) is 13.8. The number of ether oxygens (including phenoxy) is 1. The van der Waals surface area contributed by atoms with Crippen molar-refractivity contribution in [2.45, 2.75) is 18.2 Å². The summed E-state index contributed by atoms with van der Waals surface area (Å²) in [6.45, 7) is 3.06. The molecule has 1 amide bonds. The van der Waals surface area contributed by atoms with Gasteiger partial charge in [-0.25, -0.2) is 8.42 Å². The molecule has 0 unspecified atom stereocenters. The van der Waals surface area contributed by atoms with Crippen LogP contribution in [0.2, 0.25) is 0 Å². The third-order valence-electron chi connectivity index (χ3n) is 5.95. The average molecular weight is 477 g/mol. The molecule has 7 heteroatoms. The van der Waals surface area contributed by atoms with Gasteiger partial charge in [0.2, 0.25) is 0 Å². The van der Waals surface area contributed by atoms with E-state index >= 15 is 0 Å².